The van der Waals surface area contributed by atoms with Crippen molar-refractivity contribution >= 4 is 8.32 Å². The lowest BCUT2D eigenvalue weighted by Crippen LogP contribution is -2.60. The number of alkyl halides is 1. The molecule has 1 aliphatic rings. The van der Waals surface area contributed by atoms with Gasteiger partial charge in [-0.3, -0.25) is 0 Å². The van der Waals surface area contributed by atoms with E-state index in [4.69, 9.17) is 13.9 Å². The van der Waals surface area contributed by atoms with Crippen molar-refractivity contribution in [3.05, 3.63) is 0 Å². The van der Waals surface area contributed by atoms with Gasteiger partial charge in [0.15, 0.2) is 20.8 Å². The van der Waals surface area contributed by atoms with Crippen molar-refractivity contribution in [1.82, 2.24) is 0 Å². The van der Waals surface area contributed by atoms with Gasteiger partial charge >= 0.3 is 0 Å². The van der Waals surface area contributed by atoms with E-state index in [1.54, 1.807) is 6.92 Å². The van der Waals surface area contributed by atoms with Crippen LogP contribution in [0, 0.1) is 0 Å². The minimum absolute atomic E-state index is 0.0303. The molecule has 0 aromatic carbocycles. The summed E-state index contributed by atoms with van der Waals surface area (Å²) in [4.78, 5) is 0. The zero-order valence-electron chi connectivity index (χ0n) is 12.9. The van der Waals surface area contributed by atoms with E-state index in [1.165, 1.54) is 7.11 Å². The number of ether oxygens (including phenoxy) is 2. The fourth-order valence-corrected chi connectivity index (χ4v) is 3.26. The first kappa shape index (κ1) is 17.0. The van der Waals surface area contributed by atoms with E-state index >= 15 is 0 Å². The highest BCUT2D eigenvalue weighted by Crippen LogP contribution is 2.40. The molecule has 1 aliphatic heterocycles. The normalized spacial score (nSPS) is 37.4. The van der Waals surface area contributed by atoms with Crippen LogP contribution >= 0.6 is 0 Å². The second-order valence-corrected chi connectivity index (χ2v) is 11.5. The Hall–Kier alpha value is -0.0131. The third kappa shape index (κ3) is 3.55. The fourth-order valence-electron chi connectivity index (χ4n) is 1.96. The van der Waals surface area contributed by atoms with Gasteiger partial charge in [-0.15, -0.1) is 0 Å². The van der Waals surface area contributed by atoms with Crippen molar-refractivity contribution in [3.63, 3.8) is 0 Å². The molecule has 114 valence electrons. The third-order valence-corrected chi connectivity index (χ3v) is 8.71. The minimum Gasteiger partial charge on any atom is -0.408 e. The van der Waals surface area contributed by atoms with Crippen LogP contribution in [0.1, 0.15) is 27.7 Å². The Labute approximate surface area is 116 Å². The van der Waals surface area contributed by atoms with E-state index in [-0.39, 0.29) is 5.04 Å². The lowest BCUT2D eigenvalue weighted by Gasteiger charge is -2.46. The van der Waals surface area contributed by atoms with Gasteiger partial charge in [0.05, 0.1) is 6.10 Å². The van der Waals surface area contributed by atoms with Crippen molar-refractivity contribution in [3.8, 4) is 0 Å². The van der Waals surface area contributed by atoms with E-state index < -0.39 is 39.1 Å². The molecule has 0 amide bonds. The molecule has 5 unspecified atom stereocenters. The minimum atomic E-state index is -2.14. The standard InChI is InChI=1S/C13H27FO4Si/c1-8-10(16-5)11(9(14)12(15)17-8)18-19(6,7)13(2,3)4/h8-12,15H,1-7H3. The van der Waals surface area contributed by atoms with Gasteiger partial charge in [0, 0.05) is 7.11 Å². The number of aliphatic hydroxyl groups excluding tert-OH is 1. The SMILES string of the molecule is COC1C(C)OC(O)C(F)C1O[Si](C)(C)C(C)(C)C. The van der Waals surface area contributed by atoms with Crippen LogP contribution in [0.25, 0.3) is 0 Å². The van der Waals surface area contributed by atoms with Gasteiger partial charge < -0.3 is 19.0 Å². The summed E-state index contributed by atoms with van der Waals surface area (Å²) in [7, 11) is -0.627. The molecular weight excluding hydrogens is 267 g/mol. The Balaban J connectivity index is 2.94. The van der Waals surface area contributed by atoms with Gasteiger partial charge in [-0.05, 0) is 25.1 Å². The molecule has 0 spiro atoms. The lowest BCUT2D eigenvalue weighted by molar-refractivity contribution is -0.262. The number of halogens is 1. The summed E-state index contributed by atoms with van der Waals surface area (Å²) < 4.78 is 30.7. The molecular formula is C13H27FO4Si. The van der Waals surface area contributed by atoms with E-state index in [0.717, 1.165) is 0 Å². The maximum atomic E-state index is 14.2. The number of hydrogen-bond donors (Lipinski definition) is 1. The predicted octanol–water partition coefficient (Wildman–Crippen LogP) is 2.47. The summed E-state index contributed by atoms with van der Waals surface area (Å²) in [5.41, 5.74) is 0. The van der Waals surface area contributed by atoms with Gasteiger partial charge in [-0.25, -0.2) is 4.39 Å². The van der Waals surface area contributed by atoms with Crippen molar-refractivity contribution in [2.24, 2.45) is 0 Å². The smallest absolute Gasteiger partial charge is 0.192 e. The van der Waals surface area contributed by atoms with Crippen molar-refractivity contribution < 1.29 is 23.4 Å². The Morgan fingerprint density at radius 2 is 1.74 bits per heavy atom. The highest BCUT2D eigenvalue weighted by Gasteiger charge is 2.49. The Bertz CT molecular complexity index is 306. The monoisotopic (exact) mass is 294 g/mol. The van der Waals surface area contributed by atoms with Crippen LogP contribution < -0.4 is 0 Å². The first-order chi connectivity index (χ1) is 8.51. The Kier molecular flexibility index (Phi) is 5.18. The highest BCUT2D eigenvalue weighted by atomic mass is 28.4. The van der Waals surface area contributed by atoms with Gasteiger partial charge in [0.2, 0.25) is 0 Å². The molecule has 0 aromatic rings. The average molecular weight is 294 g/mol. The van der Waals surface area contributed by atoms with Crippen LogP contribution in [-0.4, -0.2) is 51.3 Å². The van der Waals surface area contributed by atoms with Gasteiger partial charge in [0.25, 0.3) is 0 Å². The number of rotatable bonds is 3. The van der Waals surface area contributed by atoms with Crippen LogP contribution in [0.4, 0.5) is 4.39 Å². The van der Waals surface area contributed by atoms with Crippen LogP contribution in [0.3, 0.4) is 0 Å². The average Bonchev–Trinajstić information content (AvgIpc) is 2.24. The van der Waals surface area contributed by atoms with Gasteiger partial charge in [-0.1, -0.05) is 20.8 Å². The van der Waals surface area contributed by atoms with Crippen LogP contribution in [-0.2, 0) is 13.9 Å². The summed E-state index contributed by atoms with van der Waals surface area (Å²) in [5.74, 6) is 0. The summed E-state index contributed by atoms with van der Waals surface area (Å²) in [6.45, 7) is 12.1. The zero-order chi connectivity index (χ0) is 15.0. The third-order valence-electron chi connectivity index (χ3n) is 4.24. The molecule has 6 heteroatoms. The van der Waals surface area contributed by atoms with E-state index in [1.807, 2.05) is 0 Å². The molecule has 0 aliphatic carbocycles. The molecule has 0 aromatic heterocycles. The molecule has 1 heterocycles. The predicted molar refractivity (Wildman–Crippen MR) is 74.3 cm³/mol. The summed E-state index contributed by atoms with van der Waals surface area (Å²) in [6.07, 6.45) is -4.73. The quantitative estimate of drug-likeness (QED) is 0.812. The van der Waals surface area contributed by atoms with E-state index in [0.29, 0.717) is 0 Å². The van der Waals surface area contributed by atoms with E-state index in [2.05, 4.69) is 33.9 Å². The summed E-state index contributed by atoms with van der Waals surface area (Å²) in [6, 6.07) is 0. The first-order valence-corrected chi connectivity index (χ1v) is 9.60. The topological polar surface area (TPSA) is 47.9 Å². The zero-order valence-corrected chi connectivity index (χ0v) is 13.9. The summed E-state index contributed by atoms with van der Waals surface area (Å²) in [5, 5.41) is 9.58. The van der Waals surface area contributed by atoms with Crippen molar-refractivity contribution in [2.75, 3.05) is 7.11 Å². The molecule has 0 radical (unpaired) electrons. The maximum Gasteiger partial charge on any atom is 0.192 e. The number of methoxy groups -OCH3 is 1. The molecule has 1 fully saturated rings. The fraction of sp³-hybridized carbons (Fsp3) is 1.00. The number of hydrogen-bond acceptors (Lipinski definition) is 4. The highest BCUT2D eigenvalue weighted by molar-refractivity contribution is 6.74. The van der Waals surface area contributed by atoms with Crippen LogP contribution in [0.2, 0.25) is 18.1 Å². The Morgan fingerprint density at radius 3 is 2.16 bits per heavy atom. The van der Waals surface area contributed by atoms with Crippen molar-refractivity contribution in [2.45, 2.75) is 76.6 Å². The molecule has 0 saturated carbocycles. The molecule has 1 saturated heterocycles. The second kappa shape index (κ2) is 5.77. The van der Waals surface area contributed by atoms with E-state index in [9.17, 15) is 9.50 Å². The van der Waals surface area contributed by atoms with Crippen LogP contribution in [0.5, 0.6) is 0 Å². The van der Waals surface area contributed by atoms with Gasteiger partial charge in [0.1, 0.15) is 12.2 Å². The summed E-state index contributed by atoms with van der Waals surface area (Å²) >= 11 is 0. The molecule has 5 atom stereocenters. The largest absolute Gasteiger partial charge is 0.408 e. The maximum absolute atomic E-state index is 14.2. The first-order valence-electron chi connectivity index (χ1n) is 6.69. The van der Waals surface area contributed by atoms with Gasteiger partial charge in [-0.2, -0.15) is 0 Å². The molecule has 1 rings (SSSR count). The Morgan fingerprint density at radius 1 is 1.21 bits per heavy atom. The number of aliphatic hydroxyl groups is 1. The molecule has 0 bridgehead atoms. The van der Waals surface area contributed by atoms with Crippen molar-refractivity contribution in [1.29, 1.82) is 0 Å². The molecule has 4 nitrogen and oxygen atoms in total. The molecule has 19 heavy (non-hydrogen) atoms. The second-order valence-electron chi connectivity index (χ2n) is 6.72. The lowest BCUT2D eigenvalue weighted by atomic mass is 10.0. The van der Waals surface area contributed by atoms with Crippen LogP contribution in [0.15, 0.2) is 0 Å². The molecule has 1 N–H and O–H groups in total.